The Kier molecular flexibility index (Phi) is 4.36. The van der Waals surface area contributed by atoms with Gasteiger partial charge in [0.1, 0.15) is 5.75 Å². The number of hydrogen-bond donors (Lipinski definition) is 1. The fourth-order valence-corrected chi connectivity index (χ4v) is 3.92. The molecule has 1 amide bonds. The zero-order chi connectivity index (χ0) is 18.3. The molecule has 2 aliphatic heterocycles. The van der Waals surface area contributed by atoms with Crippen LogP contribution in [0.5, 0.6) is 5.75 Å². The van der Waals surface area contributed by atoms with Gasteiger partial charge < -0.3 is 10.0 Å². The third kappa shape index (κ3) is 3.05. The molecule has 2 aromatic rings. The molecule has 2 heterocycles. The van der Waals surface area contributed by atoms with Gasteiger partial charge in [0.15, 0.2) is 11.6 Å². The maximum absolute atomic E-state index is 13.5. The maximum Gasteiger partial charge on any atom is 0.253 e. The van der Waals surface area contributed by atoms with E-state index in [2.05, 4.69) is 4.90 Å². The molecule has 0 aromatic heterocycles. The van der Waals surface area contributed by atoms with Gasteiger partial charge in [0.2, 0.25) is 0 Å². The zero-order valence-electron chi connectivity index (χ0n) is 14.3. The lowest BCUT2D eigenvalue weighted by Crippen LogP contribution is -2.52. The lowest BCUT2D eigenvalue weighted by molar-refractivity contribution is 0.0571. The highest BCUT2D eigenvalue weighted by atomic mass is 19.2. The van der Waals surface area contributed by atoms with Crippen LogP contribution in [0.25, 0.3) is 11.1 Å². The number of aromatic hydroxyl groups is 1. The van der Waals surface area contributed by atoms with E-state index < -0.39 is 11.6 Å². The molecule has 2 aromatic carbocycles. The Morgan fingerprint density at radius 3 is 2.54 bits per heavy atom. The van der Waals surface area contributed by atoms with E-state index in [9.17, 15) is 18.7 Å². The number of phenols is 1. The zero-order valence-corrected chi connectivity index (χ0v) is 14.3. The van der Waals surface area contributed by atoms with Crippen LogP contribution in [-0.4, -0.2) is 53.0 Å². The maximum atomic E-state index is 13.5. The van der Waals surface area contributed by atoms with Crippen LogP contribution >= 0.6 is 0 Å². The Labute approximate surface area is 150 Å². The summed E-state index contributed by atoms with van der Waals surface area (Å²) in [5.41, 5.74) is 1.28. The number of rotatable bonds is 2. The van der Waals surface area contributed by atoms with E-state index in [1.165, 1.54) is 6.42 Å². The van der Waals surface area contributed by atoms with Gasteiger partial charge in [0.05, 0.1) is 0 Å². The van der Waals surface area contributed by atoms with Gasteiger partial charge in [0, 0.05) is 42.9 Å². The Hall–Kier alpha value is -2.47. The molecule has 2 aliphatic rings. The van der Waals surface area contributed by atoms with E-state index in [4.69, 9.17) is 0 Å². The predicted molar refractivity (Wildman–Crippen MR) is 94.0 cm³/mol. The molecule has 0 spiro atoms. The topological polar surface area (TPSA) is 43.8 Å². The summed E-state index contributed by atoms with van der Waals surface area (Å²) in [7, 11) is 0. The second-order valence-corrected chi connectivity index (χ2v) is 6.94. The molecule has 26 heavy (non-hydrogen) atoms. The summed E-state index contributed by atoms with van der Waals surface area (Å²) in [5.74, 6) is -2.46. The first-order chi connectivity index (χ1) is 12.5. The number of hydrogen-bond acceptors (Lipinski definition) is 3. The van der Waals surface area contributed by atoms with Crippen molar-refractivity contribution in [3.05, 3.63) is 53.6 Å². The minimum absolute atomic E-state index is 0.0161. The quantitative estimate of drug-likeness (QED) is 0.896. The van der Waals surface area contributed by atoms with E-state index in [0.717, 1.165) is 44.7 Å². The van der Waals surface area contributed by atoms with Gasteiger partial charge in [-0.2, -0.15) is 0 Å². The smallest absolute Gasteiger partial charge is 0.253 e. The molecular weight excluding hydrogens is 338 g/mol. The van der Waals surface area contributed by atoms with Crippen LogP contribution in [0.4, 0.5) is 8.78 Å². The number of benzene rings is 2. The predicted octanol–water partition coefficient (Wildman–Crippen LogP) is 3.26. The summed E-state index contributed by atoms with van der Waals surface area (Å²) in [4.78, 5) is 17.1. The standard InChI is InChI=1S/C20H20F2N2O2/c21-17-10-16(19(25)11-18(17)22)13-3-5-14(6-4-13)20(26)24-9-8-23-7-1-2-15(23)12-24/h3-6,10-11,15,25H,1-2,7-9,12H2/t15-/m0/s1. The first-order valence-corrected chi connectivity index (χ1v) is 8.84. The Morgan fingerprint density at radius 2 is 1.77 bits per heavy atom. The fourth-order valence-electron chi connectivity index (χ4n) is 3.92. The molecule has 1 atom stereocenters. The summed E-state index contributed by atoms with van der Waals surface area (Å²) in [5, 5.41) is 9.85. The highest BCUT2D eigenvalue weighted by Gasteiger charge is 2.32. The van der Waals surface area contributed by atoms with Crippen LogP contribution < -0.4 is 0 Å². The van der Waals surface area contributed by atoms with Crippen LogP contribution in [0, 0.1) is 11.6 Å². The molecule has 0 unspecified atom stereocenters. The van der Waals surface area contributed by atoms with Crippen molar-refractivity contribution in [2.75, 3.05) is 26.2 Å². The number of phenolic OH excluding ortho intramolecular Hbond substituents is 1. The summed E-state index contributed by atoms with van der Waals surface area (Å²) >= 11 is 0. The lowest BCUT2D eigenvalue weighted by Gasteiger charge is -2.37. The molecule has 136 valence electrons. The van der Waals surface area contributed by atoms with Crippen molar-refractivity contribution in [2.24, 2.45) is 0 Å². The van der Waals surface area contributed by atoms with Crippen LogP contribution in [0.15, 0.2) is 36.4 Å². The molecule has 0 bridgehead atoms. The molecule has 4 nitrogen and oxygen atoms in total. The number of piperazine rings is 1. The van der Waals surface area contributed by atoms with Gasteiger partial charge in [-0.25, -0.2) is 8.78 Å². The summed E-state index contributed by atoms with van der Waals surface area (Å²) in [6.45, 7) is 3.52. The summed E-state index contributed by atoms with van der Waals surface area (Å²) in [6.07, 6.45) is 2.33. The third-order valence-electron chi connectivity index (χ3n) is 5.36. The van der Waals surface area contributed by atoms with Crippen LogP contribution in [0.1, 0.15) is 23.2 Å². The van der Waals surface area contributed by atoms with E-state index in [1.807, 2.05) is 4.90 Å². The monoisotopic (exact) mass is 358 g/mol. The minimum atomic E-state index is -1.09. The van der Waals surface area contributed by atoms with Crippen molar-refractivity contribution in [2.45, 2.75) is 18.9 Å². The number of amides is 1. The van der Waals surface area contributed by atoms with Gasteiger partial charge in [-0.3, -0.25) is 9.69 Å². The molecule has 4 rings (SSSR count). The molecule has 1 N–H and O–H groups in total. The number of nitrogens with zero attached hydrogens (tertiary/aromatic N) is 2. The Bertz CT molecular complexity index is 838. The van der Waals surface area contributed by atoms with Crippen LogP contribution in [0.2, 0.25) is 0 Å². The van der Waals surface area contributed by atoms with Gasteiger partial charge in [-0.15, -0.1) is 0 Å². The first-order valence-electron chi connectivity index (χ1n) is 8.84. The van der Waals surface area contributed by atoms with Crippen LogP contribution in [0.3, 0.4) is 0 Å². The Balaban J connectivity index is 1.52. The molecule has 2 fully saturated rings. The van der Waals surface area contributed by atoms with Crippen molar-refractivity contribution in [3.8, 4) is 16.9 Å². The van der Waals surface area contributed by atoms with Gasteiger partial charge >= 0.3 is 0 Å². The number of carbonyl (C=O) groups excluding carboxylic acids is 1. The minimum Gasteiger partial charge on any atom is -0.507 e. The molecule has 0 aliphatic carbocycles. The second-order valence-electron chi connectivity index (χ2n) is 6.94. The molecule has 6 heteroatoms. The lowest BCUT2D eigenvalue weighted by atomic mass is 10.0. The second kappa shape index (κ2) is 6.68. The van der Waals surface area contributed by atoms with Gasteiger partial charge in [-0.1, -0.05) is 12.1 Å². The average molecular weight is 358 g/mol. The molecular formula is C20H20F2N2O2. The number of fused-ring (bicyclic) bond motifs is 1. The number of halogens is 2. The summed E-state index contributed by atoms with van der Waals surface area (Å²) < 4.78 is 26.6. The SMILES string of the molecule is O=C(c1ccc(-c2cc(F)c(F)cc2O)cc1)N1CCN2CCC[C@H]2C1. The van der Waals surface area contributed by atoms with Crippen molar-refractivity contribution >= 4 is 5.91 Å². The number of carbonyl (C=O) groups is 1. The largest absolute Gasteiger partial charge is 0.507 e. The van der Waals surface area contributed by atoms with Gasteiger partial charge in [0.25, 0.3) is 5.91 Å². The van der Waals surface area contributed by atoms with Crippen LogP contribution in [-0.2, 0) is 0 Å². The van der Waals surface area contributed by atoms with E-state index >= 15 is 0 Å². The summed E-state index contributed by atoms with van der Waals surface area (Å²) in [6, 6.07) is 8.80. The van der Waals surface area contributed by atoms with E-state index in [-0.39, 0.29) is 17.2 Å². The molecule has 2 saturated heterocycles. The fraction of sp³-hybridized carbons (Fsp3) is 0.350. The average Bonchev–Trinajstić information content (AvgIpc) is 3.12. The van der Waals surface area contributed by atoms with Crippen molar-refractivity contribution < 1.29 is 18.7 Å². The highest BCUT2D eigenvalue weighted by Crippen LogP contribution is 2.31. The van der Waals surface area contributed by atoms with Crippen molar-refractivity contribution in [1.82, 2.24) is 9.80 Å². The van der Waals surface area contributed by atoms with E-state index in [1.54, 1.807) is 24.3 Å². The normalized spacial score (nSPS) is 20.2. The third-order valence-corrected chi connectivity index (χ3v) is 5.36. The first kappa shape index (κ1) is 17.0. The molecule has 0 radical (unpaired) electrons. The van der Waals surface area contributed by atoms with Gasteiger partial charge in [-0.05, 0) is 43.1 Å². The highest BCUT2D eigenvalue weighted by molar-refractivity contribution is 5.95. The Morgan fingerprint density at radius 1 is 1.04 bits per heavy atom. The van der Waals surface area contributed by atoms with E-state index in [0.29, 0.717) is 17.2 Å². The molecule has 0 saturated carbocycles. The van der Waals surface area contributed by atoms with Crippen molar-refractivity contribution in [3.63, 3.8) is 0 Å². The van der Waals surface area contributed by atoms with Crippen molar-refractivity contribution in [1.29, 1.82) is 0 Å².